The molecule has 3 amide bonds. The third kappa shape index (κ3) is 4.38. The van der Waals surface area contributed by atoms with Gasteiger partial charge in [-0.15, -0.1) is 0 Å². The van der Waals surface area contributed by atoms with Crippen LogP contribution >= 0.6 is 23.2 Å². The second-order valence-corrected chi connectivity index (χ2v) is 9.81. The van der Waals surface area contributed by atoms with Gasteiger partial charge in [0.25, 0.3) is 11.8 Å². The van der Waals surface area contributed by atoms with Gasteiger partial charge in [-0.1, -0.05) is 53.5 Å². The molecule has 9 heteroatoms. The number of rotatable bonds is 6. The fourth-order valence-corrected chi connectivity index (χ4v) is 5.14. The van der Waals surface area contributed by atoms with Gasteiger partial charge < -0.3 is 9.64 Å². The summed E-state index contributed by atoms with van der Waals surface area (Å²) in [6, 6.07) is 18.2. The number of halogens is 2. The highest BCUT2D eigenvalue weighted by molar-refractivity contribution is 6.38. The molecule has 5 rings (SSSR count). The topological polar surface area (TPSA) is 79.8 Å². The Bertz CT molecular complexity index is 1590. The molecule has 1 aliphatic heterocycles. The van der Waals surface area contributed by atoms with E-state index in [0.717, 1.165) is 21.5 Å². The first-order valence-electron chi connectivity index (χ1n) is 11.9. The number of nitrogens with zero attached hydrogens (tertiary/aromatic N) is 3. The number of likely N-dealkylation sites (N-methyl/N-ethyl adjacent to an activating group) is 1. The van der Waals surface area contributed by atoms with Gasteiger partial charge >= 0.3 is 0 Å². The lowest BCUT2D eigenvalue weighted by Gasteiger charge is -2.28. The molecule has 1 aliphatic rings. The highest BCUT2D eigenvalue weighted by Crippen LogP contribution is 2.36. The maximum Gasteiger partial charge on any atom is 0.262 e. The molecular formula is C29H23Cl2N3O4. The van der Waals surface area contributed by atoms with Crippen LogP contribution in [0.25, 0.3) is 10.9 Å². The van der Waals surface area contributed by atoms with Crippen LogP contribution in [0.1, 0.15) is 38.9 Å². The standard InChI is InChI=1S/C29H23Cl2N3O4/c1-16-11-12-18-7-6-10-24(26(18)32-16)38-15-21-22(30)13-14-23(25(21)31)33(3)27(35)17(2)34-28(36)19-8-4-5-9-20(19)29(34)37/h4-14,17H,15H2,1-3H3. The predicted molar refractivity (Wildman–Crippen MR) is 147 cm³/mol. The minimum atomic E-state index is -1.05. The van der Waals surface area contributed by atoms with E-state index in [1.807, 2.05) is 37.3 Å². The van der Waals surface area contributed by atoms with Gasteiger partial charge in [-0.25, -0.2) is 4.98 Å². The Balaban J connectivity index is 1.39. The first-order chi connectivity index (χ1) is 18.2. The largest absolute Gasteiger partial charge is 0.487 e. The van der Waals surface area contributed by atoms with Crippen LogP contribution in [-0.2, 0) is 11.4 Å². The Labute approximate surface area is 229 Å². The summed E-state index contributed by atoms with van der Waals surface area (Å²) in [4.78, 5) is 46.1. The van der Waals surface area contributed by atoms with Crippen LogP contribution in [0.15, 0.2) is 66.7 Å². The van der Waals surface area contributed by atoms with E-state index in [2.05, 4.69) is 4.98 Å². The van der Waals surface area contributed by atoms with Crippen LogP contribution in [0, 0.1) is 6.92 Å². The number of hydrogen-bond acceptors (Lipinski definition) is 5. The first-order valence-corrected chi connectivity index (χ1v) is 12.6. The van der Waals surface area contributed by atoms with Crippen molar-refractivity contribution in [1.29, 1.82) is 0 Å². The van der Waals surface area contributed by atoms with Crippen LogP contribution in [0.5, 0.6) is 5.75 Å². The molecule has 1 aromatic heterocycles. The molecule has 4 aromatic rings. The van der Waals surface area contributed by atoms with Crippen molar-refractivity contribution in [2.75, 3.05) is 11.9 Å². The number of fused-ring (bicyclic) bond motifs is 2. The zero-order valence-corrected chi connectivity index (χ0v) is 22.4. The van der Waals surface area contributed by atoms with Gasteiger partial charge in [0.1, 0.15) is 23.9 Å². The zero-order chi connectivity index (χ0) is 27.1. The summed E-state index contributed by atoms with van der Waals surface area (Å²) >= 11 is 13.2. The van der Waals surface area contributed by atoms with E-state index >= 15 is 0 Å². The molecule has 1 unspecified atom stereocenters. The quantitative estimate of drug-likeness (QED) is 0.273. The minimum Gasteiger partial charge on any atom is -0.487 e. The van der Waals surface area contributed by atoms with Crippen LogP contribution in [0.2, 0.25) is 10.0 Å². The predicted octanol–water partition coefficient (Wildman–Crippen LogP) is 6.08. The van der Waals surface area contributed by atoms with Crippen LogP contribution in [-0.4, -0.2) is 40.7 Å². The molecular weight excluding hydrogens is 525 g/mol. The van der Waals surface area contributed by atoms with E-state index < -0.39 is 23.8 Å². The van der Waals surface area contributed by atoms with Gasteiger partial charge in [0.2, 0.25) is 5.91 Å². The molecule has 0 bridgehead atoms. The van der Waals surface area contributed by atoms with Crippen molar-refractivity contribution in [3.63, 3.8) is 0 Å². The first kappa shape index (κ1) is 25.7. The summed E-state index contributed by atoms with van der Waals surface area (Å²) in [7, 11) is 1.54. The number of carbonyl (C=O) groups is 3. The summed E-state index contributed by atoms with van der Waals surface area (Å²) in [5, 5.41) is 1.54. The van der Waals surface area contributed by atoms with Crippen LogP contribution in [0.4, 0.5) is 5.69 Å². The molecule has 0 N–H and O–H groups in total. The highest BCUT2D eigenvalue weighted by Gasteiger charge is 2.41. The zero-order valence-electron chi connectivity index (χ0n) is 20.9. The van der Waals surface area contributed by atoms with Gasteiger partial charge in [-0.05, 0) is 50.2 Å². The third-order valence-electron chi connectivity index (χ3n) is 6.62. The van der Waals surface area contributed by atoms with E-state index in [0.29, 0.717) is 22.0 Å². The Morgan fingerprint density at radius 3 is 2.34 bits per heavy atom. The lowest BCUT2D eigenvalue weighted by Crippen LogP contribution is -2.48. The highest BCUT2D eigenvalue weighted by atomic mass is 35.5. The van der Waals surface area contributed by atoms with Crippen molar-refractivity contribution >= 4 is 57.5 Å². The van der Waals surface area contributed by atoms with E-state index in [9.17, 15) is 14.4 Å². The molecule has 192 valence electrons. The summed E-state index contributed by atoms with van der Waals surface area (Å²) in [6.07, 6.45) is 0. The van der Waals surface area contributed by atoms with E-state index in [4.69, 9.17) is 27.9 Å². The second-order valence-electron chi connectivity index (χ2n) is 9.03. The number of imide groups is 1. The summed E-state index contributed by atoms with van der Waals surface area (Å²) in [5.74, 6) is -0.915. The van der Waals surface area contributed by atoms with Gasteiger partial charge in [-0.2, -0.15) is 0 Å². The molecule has 3 aromatic carbocycles. The number of aromatic nitrogens is 1. The Hall–Kier alpha value is -3.94. The van der Waals surface area contributed by atoms with Crippen molar-refractivity contribution in [2.24, 2.45) is 0 Å². The van der Waals surface area contributed by atoms with Crippen molar-refractivity contribution < 1.29 is 19.1 Å². The molecule has 2 heterocycles. The smallest absolute Gasteiger partial charge is 0.262 e. The van der Waals surface area contributed by atoms with Crippen LogP contribution < -0.4 is 9.64 Å². The van der Waals surface area contributed by atoms with E-state index in [1.54, 1.807) is 36.4 Å². The number of pyridine rings is 1. The van der Waals surface area contributed by atoms with Gasteiger partial charge in [0.15, 0.2) is 0 Å². The third-order valence-corrected chi connectivity index (χ3v) is 7.40. The number of anilines is 1. The maximum absolute atomic E-state index is 13.4. The SMILES string of the molecule is Cc1ccc2cccc(OCc3c(Cl)ccc(N(C)C(=O)C(C)N4C(=O)c5ccccc5C4=O)c3Cl)c2n1. The molecule has 38 heavy (non-hydrogen) atoms. The summed E-state index contributed by atoms with van der Waals surface area (Å²) in [6.45, 7) is 3.46. The van der Waals surface area contributed by atoms with Gasteiger partial charge in [-0.3, -0.25) is 19.3 Å². The number of ether oxygens (including phenoxy) is 1. The number of para-hydroxylation sites is 1. The van der Waals surface area contributed by atoms with Crippen molar-refractivity contribution in [3.8, 4) is 5.75 Å². The summed E-state index contributed by atoms with van der Waals surface area (Å²) in [5.41, 5.74) is 3.00. The van der Waals surface area contributed by atoms with E-state index in [1.165, 1.54) is 18.9 Å². The lowest BCUT2D eigenvalue weighted by atomic mass is 10.1. The molecule has 0 spiro atoms. The average Bonchev–Trinajstić information content (AvgIpc) is 3.17. The molecule has 7 nitrogen and oxygen atoms in total. The normalized spacial score (nSPS) is 13.6. The number of carbonyl (C=O) groups excluding carboxylic acids is 3. The molecule has 0 radical (unpaired) electrons. The Morgan fingerprint density at radius 2 is 1.66 bits per heavy atom. The molecule has 0 fully saturated rings. The molecule has 0 saturated heterocycles. The van der Waals surface area contributed by atoms with E-state index in [-0.39, 0.29) is 22.8 Å². The summed E-state index contributed by atoms with van der Waals surface area (Å²) < 4.78 is 6.08. The van der Waals surface area contributed by atoms with Crippen molar-refractivity contribution in [2.45, 2.75) is 26.5 Å². The second kappa shape index (κ2) is 10.1. The minimum absolute atomic E-state index is 0.0379. The van der Waals surface area contributed by atoms with Gasteiger partial charge in [0, 0.05) is 28.7 Å². The average molecular weight is 548 g/mol. The Kier molecular flexibility index (Phi) is 6.82. The molecule has 0 aliphatic carbocycles. The fourth-order valence-electron chi connectivity index (χ4n) is 4.53. The van der Waals surface area contributed by atoms with Crippen LogP contribution in [0.3, 0.4) is 0 Å². The lowest BCUT2D eigenvalue weighted by molar-refractivity contribution is -0.121. The van der Waals surface area contributed by atoms with Gasteiger partial charge in [0.05, 0.1) is 21.8 Å². The number of aryl methyl sites for hydroxylation is 1. The molecule has 1 atom stereocenters. The number of benzene rings is 3. The Morgan fingerprint density at radius 1 is 0.974 bits per heavy atom. The van der Waals surface area contributed by atoms with Crippen molar-refractivity contribution in [1.82, 2.24) is 9.88 Å². The number of amides is 3. The molecule has 0 saturated carbocycles. The maximum atomic E-state index is 13.4. The fraction of sp³-hybridized carbons (Fsp3) is 0.172. The monoisotopic (exact) mass is 547 g/mol. The van der Waals surface area contributed by atoms with Crippen molar-refractivity contribution in [3.05, 3.63) is 99.2 Å². The number of hydrogen-bond donors (Lipinski definition) is 0.